The highest BCUT2D eigenvalue weighted by atomic mass is 35.5. The predicted octanol–water partition coefficient (Wildman–Crippen LogP) is 5.73. The van der Waals surface area contributed by atoms with Gasteiger partial charge in [-0.25, -0.2) is 4.39 Å². The van der Waals surface area contributed by atoms with E-state index in [2.05, 4.69) is 15.4 Å². The molecule has 0 aliphatic heterocycles. The fourth-order valence-electron chi connectivity index (χ4n) is 3.04. The number of methoxy groups -OCH3 is 1. The van der Waals surface area contributed by atoms with Crippen molar-refractivity contribution in [1.82, 2.24) is 14.8 Å². The number of ether oxygens (including phenoxy) is 2. The highest BCUT2D eigenvalue weighted by Gasteiger charge is 2.18. The summed E-state index contributed by atoms with van der Waals surface area (Å²) in [6.07, 6.45) is 0. The van der Waals surface area contributed by atoms with Crippen LogP contribution in [0.4, 0.5) is 10.3 Å². The highest BCUT2D eigenvalue weighted by Crippen LogP contribution is 2.27. The molecule has 34 heavy (non-hydrogen) atoms. The van der Waals surface area contributed by atoms with E-state index in [1.54, 1.807) is 55.6 Å². The number of carbonyl (C=O) groups is 1. The number of hydrogen-bond donors (Lipinski definition) is 1. The van der Waals surface area contributed by atoms with Crippen LogP contribution in [0.25, 0.3) is 11.4 Å². The van der Waals surface area contributed by atoms with Crippen LogP contribution < -0.4 is 14.8 Å². The smallest absolute Gasteiger partial charge is 0.287 e. The number of hydrogen-bond acceptors (Lipinski definition) is 6. The quantitative estimate of drug-likeness (QED) is 0.332. The number of aromatic nitrogens is 3. The molecule has 0 aliphatic carbocycles. The van der Waals surface area contributed by atoms with Crippen molar-refractivity contribution in [3.63, 3.8) is 0 Å². The van der Waals surface area contributed by atoms with Gasteiger partial charge in [0.2, 0.25) is 5.95 Å². The Morgan fingerprint density at radius 1 is 1.06 bits per heavy atom. The van der Waals surface area contributed by atoms with Gasteiger partial charge in [-0.1, -0.05) is 35.3 Å². The summed E-state index contributed by atoms with van der Waals surface area (Å²) in [6.45, 7) is -0.0316. The number of nitrogens with one attached hydrogen (secondary N) is 1. The van der Waals surface area contributed by atoms with Gasteiger partial charge in [0.15, 0.2) is 12.4 Å². The number of rotatable bonds is 8. The lowest BCUT2D eigenvalue weighted by atomic mass is 10.2. The van der Waals surface area contributed by atoms with E-state index in [0.29, 0.717) is 34.5 Å². The third-order valence-corrected chi connectivity index (χ3v) is 5.33. The largest absolute Gasteiger partial charge is 0.497 e. The van der Waals surface area contributed by atoms with Crippen LogP contribution in [0.15, 0.2) is 66.7 Å². The summed E-state index contributed by atoms with van der Waals surface area (Å²) in [6, 6.07) is 17.8. The molecule has 0 amide bonds. The molecule has 0 bridgehead atoms. The summed E-state index contributed by atoms with van der Waals surface area (Å²) in [4.78, 5) is 17.5. The first-order chi connectivity index (χ1) is 16.4. The first kappa shape index (κ1) is 23.5. The van der Waals surface area contributed by atoms with Crippen molar-refractivity contribution in [3.8, 4) is 22.9 Å². The average molecular weight is 501 g/mol. The SMILES string of the molecule is COc1ccc(-c2nc(NCc3ccc(F)cc3)n(C(=O)COc3ccc(Cl)cc3Cl)n2)cc1. The number of carbonyl (C=O) groups excluding carboxylic acids is 1. The first-order valence-corrected chi connectivity index (χ1v) is 10.9. The molecule has 4 rings (SSSR count). The molecule has 0 fully saturated rings. The van der Waals surface area contributed by atoms with Crippen LogP contribution >= 0.6 is 23.2 Å². The summed E-state index contributed by atoms with van der Waals surface area (Å²) in [5, 5.41) is 8.19. The lowest BCUT2D eigenvalue weighted by Crippen LogP contribution is -2.22. The van der Waals surface area contributed by atoms with Crippen LogP contribution in [0.5, 0.6) is 11.5 Å². The Balaban J connectivity index is 1.57. The molecule has 1 heterocycles. The average Bonchev–Trinajstić information content (AvgIpc) is 3.27. The second kappa shape index (κ2) is 10.5. The van der Waals surface area contributed by atoms with E-state index in [4.69, 9.17) is 32.7 Å². The molecular weight excluding hydrogens is 482 g/mol. The Kier molecular flexibility index (Phi) is 7.30. The fourth-order valence-corrected chi connectivity index (χ4v) is 3.50. The van der Waals surface area contributed by atoms with E-state index >= 15 is 0 Å². The molecule has 0 radical (unpaired) electrons. The Labute approximate surface area is 205 Å². The number of anilines is 1. The van der Waals surface area contributed by atoms with Crippen molar-refractivity contribution < 1.29 is 18.7 Å². The van der Waals surface area contributed by atoms with Gasteiger partial charge in [-0.05, 0) is 60.2 Å². The number of nitrogens with zero attached hydrogens (tertiary/aromatic N) is 3. The lowest BCUT2D eigenvalue weighted by Gasteiger charge is -2.09. The van der Waals surface area contributed by atoms with Crippen LogP contribution in [0.1, 0.15) is 10.4 Å². The van der Waals surface area contributed by atoms with Gasteiger partial charge in [-0.3, -0.25) is 4.79 Å². The van der Waals surface area contributed by atoms with Gasteiger partial charge in [0, 0.05) is 17.1 Å². The van der Waals surface area contributed by atoms with Crippen molar-refractivity contribution in [2.45, 2.75) is 6.54 Å². The summed E-state index contributed by atoms with van der Waals surface area (Å²) in [7, 11) is 1.57. The van der Waals surface area contributed by atoms with E-state index < -0.39 is 5.91 Å². The van der Waals surface area contributed by atoms with Crippen LogP contribution in [0.2, 0.25) is 10.0 Å². The standard InChI is InChI=1S/C24H19Cl2FN4O3/c1-33-19-9-4-16(5-10-19)23-29-24(28-13-15-2-7-18(27)8-3-15)31(30-23)22(32)14-34-21-11-6-17(25)12-20(21)26/h2-12H,13-14H2,1H3,(H,28,29,30). The third kappa shape index (κ3) is 5.65. The van der Waals surface area contributed by atoms with Crippen LogP contribution in [-0.4, -0.2) is 34.4 Å². The highest BCUT2D eigenvalue weighted by molar-refractivity contribution is 6.35. The maximum absolute atomic E-state index is 13.2. The molecular formula is C24H19Cl2FN4O3. The summed E-state index contributed by atoms with van der Waals surface area (Å²) in [5.41, 5.74) is 1.50. The molecule has 174 valence electrons. The number of halogens is 3. The van der Waals surface area contributed by atoms with E-state index in [1.165, 1.54) is 18.2 Å². The van der Waals surface area contributed by atoms with E-state index in [0.717, 1.165) is 10.2 Å². The van der Waals surface area contributed by atoms with Gasteiger partial charge in [-0.15, -0.1) is 5.10 Å². The van der Waals surface area contributed by atoms with Gasteiger partial charge >= 0.3 is 0 Å². The third-order valence-electron chi connectivity index (χ3n) is 4.80. The molecule has 0 atom stereocenters. The van der Waals surface area contributed by atoms with E-state index in [1.807, 2.05) is 0 Å². The minimum atomic E-state index is -0.472. The summed E-state index contributed by atoms with van der Waals surface area (Å²) >= 11 is 12.0. The lowest BCUT2D eigenvalue weighted by molar-refractivity contribution is 0.0824. The zero-order chi connectivity index (χ0) is 24.1. The van der Waals surface area contributed by atoms with Crippen molar-refractivity contribution in [1.29, 1.82) is 0 Å². The molecule has 10 heteroatoms. The second-order valence-electron chi connectivity index (χ2n) is 7.14. The maximum atomic E-state index is 13.2. The molecule has 0 aliphatic rings. The predicted molar refractivity (Wildman–Crippen MR) is 128 cm³/mol. The molecule has 7 nitrogen and oxygen atoms in total. The Morgan fingerprint density at radius 2 is 1.79 bits per heavy atom. The van der Waals surface area contributed by atoms with E-state index in [9.17, 15) is 9.18 Å². The van der Waals surface area contributed by atoms with Crippen LogP contribution in [0, 0.1) is 5.82 Å². The molecule has 1 aromatic heterocycles. The fraction of sp³-hybridized carbons (Fsp3) is 0.125. The van der Waals surface area contributed by atoms with Crippen LogP contribution in [0.3, 0.4) is 0 Å². The van der Waals surface area contributed by atoms with Gasteiger partial charge < -0.3 is 14.8 Å². The topological polar surface area (TPSA) is 78.3 Å². The zero-order valence-electron chi connectivity index (χ0n) is 18.0. The van der Waals surface area contributed by atoms with Crippen molar-refractivity contribution in [3.05, 3.63) is 88.2 Å². The van der Waals surface area contributed by atoms with Gasteiger partial charge in [0.25, 0.3) is 5.91 Å². The van der Waals surface area contributed by atoms with Gasteiger partial charge in [0.1, 0.15) is 17.3 Å². The van der Waals surface area contributed by atoms with Crippen molar-refractivity contribution in [2.24, 2.45) is 0 Å². The molecule has 3 aromatic carbocycles. The molecule has 4 aromatic rings. The summed E-state index contributed by atoms with van der Waals surface area (Å²) in [5.74, 6) is 0.743. The second-order valence-corrected chi connectivity index (χ2v) is 7.98. The molecule has 0 saturated heterocycles. The van der Waals surface area contributed by atoms with Gasteiger partial charge in [-0.2, -0.15) is 9.67 Å². The molecule has 0 unspecified atom stereocenters. The Hall–Kier alpha value is -3.62. The monoisotopic (exact) mass is 500 g/mol. The minimum Gasteiger partial charge on any atom is -0.497 e. The molecule has 1 N–H and O–H groups in total. The normalized spacial score (nSPS) is 10.7. The first-order valence-electron chi connectivity index (χ1n) is 10.1. The molecule has 0 spiro atoms. The Morgan fingerprint density at radius 3 is 2.47 bits per heavy atom. The van der Waals surface area contributed by atoms with Gasteiger partial charge in [0.05, 0.1) is 12.1 Å². The number of benzene rings is 3. The van der Waals surface area contributed by atoms with Crippen molar-refractivity contribution in [2.75, 3.05) is 19.0 Å². The summed E-state index contributed by atoms with van der Waals surface area (Å²) < 4.78 is 25.1. The zero-order valence-corrected chi connectivity index (χ0v) is 19.5. The Bertz CT molecular complexity index is 1290. The maximum Gasteiger partial charge on any atom is 0.287 e. The van der Waals surface area contributed by atoms with Crippen LogP contribution in [-0.2, 0) is 6.54 Å². The minimum absolute atomic E-state index is 0.214. The molecule has 0 saturated carbocycles. The van der Waals surface area contributed by atoms with Crippen molar-refractivity contribution >= 4 is 35.1 Å². The van der Waals surface area contributed by atoms with E-state index in [-0.39, 0.29) is 23.4 Å².